The van der Waals surface area contributed by atoms with Crippen LogP contribution in [0.25, 0.3) is 0 Å². The van der Waals surface area contributed by atoms with Gasteiger partial charge in [-0.05, 0) is 30.4 Å². The zero-order chi connectivity index (χ0) is 11.5. The van der Waals surface area contributed by atoms with Gasteiger partial charge < -0.3 is 0 Å². The van der Waals surface area contributed by atoms with Crippen LogP contribution in [0.4, 0.5) is 0 Å². The summed E-state index contributed by atoms with van der Waals surface area (Å²) >= 11 is 0. The van der Waals surface area contributed by atoms with Crippen molar-refractivity contribution in [2.45, 2.75) is 45.4 Å². The molecule has 0 fully saturated rings. The Balaban J connectivity index is 3.04. The average molecular weight is 201 g/mol. The predicted molar refractivity (Wildman–Crippen MR) is 63.8 cm³/mol. The first-order valence-corrected chi connectivity index (χ1v) is 5.55. The molecular weight excluding hydrogens is 182 g/mol. The van der Waals surface area contributed by atoms with Crippen LogP contribution < -0.4 is 0 Å². The topological polar surface area (TPSA) is 23.8 Å². The van der Waals surface area contributed by atoms with Crippen molar-refractivity contribution in [1.82, 2.24) is 0 Å². The van der Waals surface area contributed by atoms with Crippen LogP contribution in [0.3, 0.4) is 0 Å². The fourth-order valence-electron chi connectivity index (χ4n) is 1.58. The minimum atomic E-state index is -0.338. The minimum Gasteiger partial charge on any atom is -0.197 e. The second-order valence-corrected chi connectivity index (χ2v) is 4.57. The van der Waals surface area contributed by atoms with Crippen molar-refractivity contribution in [3.8, 4) is 6.07 Å². The highest BCUT2D eigenvalue weighted by Gasteiger charge is 2.23. The Bertz CT molecular complexity index is 356. The molecule has 0 spiro atoms. The maximum atomic E-state index is 9.17. The second kappa shape index (κ2) is 4.49. The van der Waals surface area contributed by atoms with Crippen LogP contribution in [0.2, 0.25) is 0 Å². The van der Waals surface area contributed by atoms with E-state index in [4.69, 9.17) is 5.26 Å². The Kier molecular flexibility index (Phi) is 3.52. The molecule has 0 heterocycles. The Labute approximate surface area is 92.7 Å². The summed E-state index contributed by atoms with van der Waals surface area (Å²) in [6.07, 6.45) is 0.852. The van der Waals surface area contributed by atoms with Crippen molar-refractivity contribution in [3.63, 3.8) is 0 Å². The van der Waals surface area contributed by atoms with Gasteiger partial charge >= 0.3 is 0 Å². The normalized spacial score (nSPS) is 14.7. The molecule has 0 aliphatic rings. The van der Waals surface area contributed by atoms with E-state index < -0.39 is 0 Å². The highest BCUT2D eigenvalue weighted by atomic mass is 14.3. The summed E-state index contributed by atoms with van der Waals surface area (Å²) < 4.78 is 0. The van der Waals surface area contributed by atoms with Crippen molar-refractivity contribution in [1.29, 1.82) is 5.26 Å². The van der Waals surface area contributed by atoms with E-state index in [0.29, 0.717) is 5.92 Å². The van der Waals surface area contributed by atoms with Gasteiger partial charge in [-0.1, -0.05) is 45.0 Å². The van der Waals surface area contributed by atoms with E-state index in [1.807, 2.05) is 6.92 Å². The Morgan fingerprint density at radius 1 is 1.27 bits per heavy atom. The zero-order valence-electron chi connectivity index (χ0n) is 10.0. The second-order valence-electron chi connectivity index (χ2n) is 4.57. The lowest BCUT2D eigenvalue weighted by Gasteiger charge is -2.20. The van der Waals surface area contributed by atoms with Gasteiger partial charge in [-0.25, -0.2) is 0 Å². The fraction of sp³-hybridized carbons (Fsp3) is 0.500. The average Bonchev–Trinajstić information content (AvgIpc) is 2.28. The molecule has 0 saturated heterocycles. The summed E-state index contributed by atoms with van der Waals surface area (Å²) in [5.74, 6) is 0.550. The van der Waals surface area contributed by atoms with Crippen LogP contribution in [0.15, 0.2) is 24.3 Å². The molecule has 1 aromatic carbocycles. The van der Waals surface area contributed by atoms with Crippen LogP contribution in [-0.4, -0.2) is 0 Å². The van der Waals surface area contributed by atoms with Crippen LogP contribution in [0, 0.1) is 11.3 Å². The smallest absolute Gasteiger partial charge is 0.0791 e. The Morgan fingerprint density at radius 3 is 2.13 bits per heavy atom. The van der Waals surface area contributed by atoms with E-state index in [9.17, 15) is 0 Å². The summed E-state index contributed by atoms with van der Waals surface area (Å²) in [6, 6.07) is 10.8. The van der Waals surface area contributed by atoms with Crippen molar-refractivity contribution >= 4 is 0 Å². The molecule has 0 saturated carbocycles. The molecule has 1 nitrogen and oxygen atoms in total. The number of nitrogens with zero attached hydrogens (tertiary/aromatic N) is 1. The molecule has 1 aromatic rings. The first-order valence-electron chi connectivity index (χ1n) is 5.55. The van der Waals surface area contributed by atoms with Gasteiger partial charge in [-0.2, -0.15) is 5.26 Å². The molecule has 1 heteroatoms. The lowest BCUT2D eigenvalue weighted by molar-refractivity contribution is 0.587. The van der Waals surface area contributed by atoms with Crippen LogP contribution in [-0.2, 0) is 5.41 Å². The van der Waals surface area contributed by atoms with E-state index >= 15 is 0 Å². The Hall–Kier alpha value is -1.29. The van der Waals surface area contributed by atoms with Crippen LogP contribution in [0.1, 0.15) is 51.2 Å². The molecule has 0 bridgehead atoms. The zero-order valence-corrected chi connectivity index (χ0v) is 10.0. The summed E-state index contributed by atoms with van der Waals surface area (Å²) in [5, 5.41) is 9.17. The maximum absolute atomic E-state index is 9.17. The number of rotatable bonds is 3. The number of hydrogen-bond donors (Lipinski definition) is 0. The number of benzene rings is 1. The van der Waals surface area contributed by atoms with Crippen molar-refractivity contribution < 1.29 is 0 Å². The lowest BCUT2D eigenvalue weighted by atomic mass is 9.81. The summed E-state index contributed by atoms with van der Waals surface area (Å²) in [7, 11) is 0. The van der Waals surface area contributed by atoms with E-state index in [2.05, 4.69) is 51.1 Å². The monoisotopic (exact) mass is 201 g/mol. The highest BCUT2D eigenvalue weighted by molar-refractivity contribution is 5.34. The molecular formula is C14H19N. The van der Waals surface area contributed by atoms with Crippen molar-refractivity contribution in [2.24, 2.45) is 0 Å². The lowest BCUT2D eigenvalue weighted by Crippen LogP contribution is -2.17. The highest BCUT2D eigenvalue weighted by Crippen LogP contribution is 2.27. The quantitative estimate of drug-likeness (QED) is 0.725. The first kappa shape index (κ1) is 11.8. The van der Waals surface area contributed by atoms with Gasteiger partial charge in [-0.15, -0.1) is 0 Å². The van der Waals surface area contributed by atoms with E-state index in [1.54, 1.807) is 0 Å². The van der Waals surface area contributed by atoms with Crippen LogP contribution >= 0.6 is 0 Å². The first-order chi connectivity index (χ1) is 7.03. The SMILES string of the molecule is CCC(C)(C#N)c1ccc(C(C)C)cc1. The molecule has 0 amide bonds. The number of nitriles is 1. The summed E-state index contributed by atoms with van der Waals surface area (Å²) in [5.41, 5.74) is 2.11. The van der Waals surface area contributed by atoms with Crippen molar-refractivity contribution in [2.75, 3.05) is 0 Å². The minimum absolute atomic E-state index is 0.338. The number of hydrogen-bond acceptors (Lipinski definition) is 1. The standard InChI is InChI=1S/C14H19N/c1-5-14(4,10-15)13-8-6-12(7-9-13)11(2)3/h6-9,11H,5H2,1-4H3. The third kappa shape index (κ3) is 2.39. The Morgan fingerprint density at radius 2 is 1.80 bits per heavy atom. The van der Waals surface area contributed by atoms with E-state index in [1.165, 1.54) is 5.56 Å². The largest absolute Gasteiger partial charge is 0.197 e. The maximum Gasteiger partial charge on any atom is 0.0791 e. The predicted octanol–water partition coefficient (Wildman–Crippen LogP) is 4.00. The molecule has 0 aliphatic carbocycles. The molecule has 1 unspecified atom stereocenters. The van der Waals surface area contributed by atoms with E-state index in [-0.39, 0.29) is 5.41 Å². The molecule has 1 atom stereocenters. The molecule has 1 rings (SSSR count). The van der Waals surface area contributed by atoms with Gasteiger partial charge in [0.05, 0.1) is 11.5 Å². The molecule has 0 radical (unpaired) electrons. The van der Waals surface area contributed by atoms with Gasteiger partial charge in [0, 0.05) is 0 Å². The van der Waals surface area contributed by atoms with Gasteiger partial charge in [0.15, 0.2) is 0 Å². The van der Waals surface area contributed by atoms with Gasteiger partial charge in [-0.3, -0.25) is 0 Å². The van der Waals surface area contributed by atoms with Crippen LogP contribution in [0.5, 0.6) is 0 Å². The summed E-state index contributed by atoms with van der Waals surface area (Å²) in [6.45, 7) is 8.41. The molecule has 0 N–H and O–H groups in total. The molecule has 0 aromatic heterocycles. The van der Waals surface area contributed by atoms with Gasteiger partial charge in [0.2, 0.25) is 0 Å². The molecule has 80 valence electrons. The molecule has 0 aliphatic heterocycles. The molecule has 15 heavy (non-hydrogen) atoms. The van der Waals surface area contributed by atoms with Gasteiger partial charge in [0.25, 0.3) is 0 Å². The van der Waals surface area contributed by atoms with Gasteiger partial charge in [0.1, 0.15) is 0 Å². The third-order valence-corrected chi connectivity index (χ3v) is 3.17. The van der Waals surface area contributed by atoms with Crippen molar-refractivity contribution in [3.05, 3.63) is 35.4 Å². The third-order valence-electron chi connectivity index (χ3n) is 3.17. The summed E-state index contributed by atoms with van der Waals surface area (Å²) in [4.78, 5) is 0. The van der Waals surface area contributed by atoms with E-state index in [0.717, 1.165) is 12.0 Å². The fourth-order valence-corrected chi connectivity index (χ4v) is 1.58.